The van der Waals surface area contributed by atoms with Gasteiger partial charge >= 0.3 is 18.0 Å². The minimum atomic E-state index is -6.70. The maximum atomic E-state index is 13.8. The largest absolute Gasteiger partial charge is 0.504 e. The zero-order valence-corrected chi connectivity index (χ0v) is 14.9. The SMILES string of the molecule is O=C(/C(N=Nc1ccc(Cl)c(Cl)c1)=C(\O)C(F)(F)C(F)(F)C(F)(F)F)C1CC1. The number of hydrogen-bond acceptors (Lipinski definition) is 4. The number of hydrogen-bond donors (Lipinski definition) is 1. The Labute approximate surface area is 162 Å². The maximum Gasteiger partial charge on any atom is 0.460 e. The first-order valence-electron chi connectivity index (χ1n) is 7.37. The second-order valence-corrected chi connectivity index (χ2v) is 6.60. The number of nitrogens with zero attached hydrogens (tertiary/aromatic N) is 2. The van der Waals surface area contributed by atoms with E-state index in [0.717, 1.165) is 12.1 Å². The molecule has 0 radical (unpaired) electrons. The Bertz CT molecular complexity index is 849. The number of rotatable bonds is 6. The highest BCUT2D eigenvalue weighted by Gasteiger charge is 2.75. The third kappa shape index (κ3) is 4.24. The minimum Gasteiger partial charge on any atom is -0.504 e. The summed E-state index contributed by atoms with van der Waals surface area (Å²) in [6, 6.07) is 3.42. The Morgan fingerprint density at radius 1 is 1.04 bits per heavy atom. The smallest absolute Gasteiger partial charge is 0.460 e. The highest BCUT2D eigenvalue weighted by atomic mass is 35.5. The quantitative estimate of drug-likeness (QED) is 0.227. The van der Waals surface area contributed by atoms with Crippen molar-refractivity contribution < 1.29 is 40.6 Å². The van der Waals surface area contributed by atoms with E-state index in [0.29, 0.717) is 0 Å². The monoisotopic (exact) mass is 452 g/mol. The fourth-order valence-corrected chi connectivity index (χ4v) is 2.17. The van der Waals surface area contributed by atoms with E-state index in [-0.39, 0.29) is 28.6 Å². The predicted molar refractivity (Wildman–Crippen MR) is 84.3 cm³/mol. The van der Waals surface area contributed by atoms with Crippen molar-refractivity contribution in [2.45, 2.75) is 30.9 Å². The highest BCUT2D eigenvalue weighted by Crippen LogP contribution is 2.50. The summed E-state index contributed by atoms with van der Waals surface area (Å²) < 4.78 is 90.8. The molecule has 1 aromatic rings. The van der Waals surface area contributed by atoms with Crippen molar-refractivity contribution >= 4 is 34.7 Å². The molecule has 1 saturated carbocycles. The van der Waals surface area contributed by atoms with E-state index in [9.17, 15) is 40.6 Å². The number of benzene rings is 1. The average Bonchev–Trinajstić information content (AvgIpc) is 3.41. The molecular weight excluding hydrogens is 444 g/mol. The Balaban J connectivity index is 2.53. The Morgan fingerprint density at radius 3 is 2.07 bits per heavy atom. The molecule has 4 nitrogen and oxygen atoms in total. The Kier molecular flexibility index (Phi) is 6.01. The van der Waals surface area contributed by atoms with Crippen LogP contribution >= 0.6 is 23.2 Å². The fourth-order valence-electron chi connectivity index (χ4n) is 1.88. The third-order valence-electron chi connectivity index (χ3n) is 3.62. The van der Waals surface area contributed by atoms with Crippen LogP contribution in [0.25, 0.3) is 0 Å². The number of ketones is 1. The molecule has 0 unspecified atom stereocenters. The highest BCUT2D eigenvalue weighted by molar-refractivity contribution is 6.42. The van der Waals surface area contributed by atoms with Gasteiger partial charge < -0.3 is 5.11 Å². The molecule has 2 rings (SSSR count). The molecule has 0 bridgehead atoms. The fraction of sp³-hybridized carbons (Fsp3) is 0.400. The Morgan fingerprint density at radius 2 is 1.61 bits per heavy atom. The average molecular weight is 453 g/mol. The predicted octanol–water partition coefficient (Wildman–Crippen LogP) is 6.66. The number of azo groups is 1. The van der Waals surface area contributed by atoms with Gasteiger partial charge in [0.05, 0.1) is 15.7 Å². The van der Waals surface area contributed by atoms with Crippen LogP contribution in [-0.2, 0) is 4.79 Å². The molecule has 1 N–H and O–H groups in total. The van der Waals surface area contributed by atoms with E-state index in [1.165, 1.54) is 6.07 Å². The van der Waals surface area contributed by atoms with Crippen LogP contribution in [0.4, 0.5) is 36.4 Å². The van der Waals surface area contributed by atoms with Gasteiger partial charge in [0.2, 0.25) is 5.76 Å². The van der Waals surface area contributed by atoms with Crippen molar-refractivity contribution in [2.75, 3.05) is 0 Å². The molecule has 0 saturated heterocycles. The molecule has 1 fully saturated rings. The number of alkyl halides is 7. The molecule has 1 aliphatic carbocycles. The molecule has 0 spiro atoms. The third-order valence-corrected chi connectivity index (χ3v) is 4.36. The van der Waals surface area contributed by atoms with E-state index < -0.39 is 41.2 Å². The van der Waals surface area contributed by atoms with E-state index in [2.05, 4.69) is 10.2 Å². The Hall–Kier alpha value is -1.88. The van der Waals surface area contributed by atoms with Crippen molar-refractivity contribution in [1.82, 2.24) is 0 Å². The van der Waals surface area contributed by atoms with E-state index >= 15 is 0 Å². The molecule has 154 valence electrons. The lowest BCUT2D eigenvalue weighted by molar-refractivity contribution is -0.349. The number of aliphatic hydroxyl groups is 1. The number of aliphatic hydroxyl groups excluding tert-OH is 1. The van der Waals surface area contributed by atoms with Crippen molar-refractivity contribution in [1.29, 1.82) is 0 Å². The van der Waals surface area contributed by atoms with Gasteiger partial charge in [-0.1, -0.05) is 23.2 Å². The van der Waals surface area contributed by atoms with Crippen molar-refractivity contribution in [3.63, 3.8) is 0 Å². The molecule has 0 amide bonds. The molecule has 0 atom stereocenters. The number of halogens is 9. The van der Waals surface area contributed by atoms with Crippen LogP contribution in [0, 0.1) is 5.92 Å². The molecule has 1 aliphatic rings. The molecular formula is C15H9Cl2F7N2O2. The normalized spacial score (nSPS) is 17.0. The lowest BCUT2D eigenvalue weighted by atomic mass is 10.0. The minimum absolute atomic E-state index is 0.0599. The van der Waals surface area contributed by atoms with Crippen molar-refractivity contribution in [3.8, 4) is 0 Å². The van der Waals surface area contributed by atoms with Gasteiger partial charge in [0.25, 0.3) is 0 Å². The van der Waals surface area contributed by atoms with Gasteiger partial charge in [0.15, 0.2) is 11.5 Å². The van der Waals surface area contributed by atoms with Gasteiger partial charge in [-0.15, -0.1) is 5.11 Å². The summed E-state index contributed by atoms with van der Waals surface area (Å²) in [5, 5.41) is 15.8. The summed E-state index contributed by atoms with van der Waals surface area (Å²) in [5.41, 5.74) is -1.88. The van der Waals surface area contributed by atoms with Crippen molar-refractivity contribution in [3.05, 3.63) is 39.7 Å². The second-order valence-electron chi connectivity index (χ2n) is 5.78. The van der Waals surface area contributed by atoms with Gasteiger partial charge in [-0.2, -0.15) is 35.8 Å². The van der Waals surface area contributed by atoms with Gasteiger partial charge in [0.1, 0.15) is 0 Å². The summed E-state index contributed by atoms with van der Waals surface area (Å²) in [7, 11) is 0. The van der Waals surface area contributed by atoms with Gasteiger partial charge in [-0.25, -0.2) is 0 Å². The summed E-state index contributed by atoms with van der Waals surface area (Å²) >= 11 is 11.3. The summed E-state index contributed by atoms with van der Waals surface area (Å²) in [5.74, 6) is -17.9. The van der Waals surface area contributed by atoms with Gasteiger partial charge in [-0.3, -0.25) is 4.79 Å². The van der Waals surface area contributed by atoms with E-state index in [4.69, 9.17) is 23.2 Å². The molecule has 1 aromatic carbocycles. The van der Waals surface area contributed by atoms with Crippen LogP contribution in [0.5, 0.6) is 0 Å². The zero-order valence-electron chi connectivity index (χ0n) is 13.4. The van der Waals surface area contributed by atoms with E-state index in [1.807, 2.05) is 0 Å². The van der Waals surface area contributed by atoms with E-state index in [1.54, 1.807) is 0 Å². The maximum absolute atomic E-state index is 13.8. The van der Waals surface area contributed by atoms with Crippen LogP contribution < -0.4 is 0 Å². The van der Waals surface area contributed by atoms with Crippen LogP contribution in [0.2, 0.25) is 10.0 Å². The lowest BCUT2D eigenvalue weighted by Gasteiger charge is -2.27. The standard InChI is InChI=1S/C15H9Cl2F7N2O2/c16-8-4-3-7(5-9(8)17)25-26-10(11(27)6-1-2-6)12(28)13(18,19)14(20,21)15(22,23)24/h3-6,28H,1-2H2/b12-10+,26-25?. The number of Topliss-reactive ketones (excluding diaryl/α,β-unsaturated/α-hetero) is 1. The molecule has 28 heavy (non-hydrogen) atoms. The van der Waals surface area contributed by atoms with Crippen LogP contribution in [-0.4, -0.2) is 28.9 Å². The summed E-state index contributed by atoms with van der Waals surface area (Å²) in [6.45, 7) is 0. The topological polar surface area (TPSA) is 62.0 Å². The van der Waals surface area contributed by atoms with Crippen LogP contribution in [0.15, 0.2) is 39.9 Å². The number of allylic oxidation sites excluding steroid dienone is 2. The molecule has 0 heterocycles. The second kappa shape index (κ2) is 7.51. The number of carbonyl (C=O) groups excluding carboxylic acids is 1. The lowest BCUT2D eigenvalue weighted by Crippen LogP contribution is -2.53. The summed E-state index contributed by atoms with van der Waals surface area (Å²) in [6.07, 6.45) is -6.36. The summed E-state index contributed by atoms with van der Waals surface area (Å²) in [4.78, 5) is 12.0. The van der Waals surface area contributed by atoms with Crippen LogP contribution in [0.1, 0.15) is 12.8 Å². The van der Waals surface area contributed by atoms with Crippen LogP contribution in [0.3, 0.4) is 0 Å². The zero-order chi connectivity index (χ0) is 21.5. The molecule has 13 heteroatoms. The molecule has 0 aliphatic heterocycles. The number of carbonyl (C=O) groups is 1. The van der Waals surface area contributed by atoms with Crippen molar-refractivity contribution in [2.24, 2.45) is 16.1 Å². The van der Waals surface area contributed by atoms with Gasteiger partial charge in [-0.05, 0) is 31.0 Å². The first-order chi connectivity index (χ1) is 12.7. The first kappa shape index (κ1) is 22.4. The first-order valence-corrected chi connectivity index (χ1v) is 8.12. The van der Waals surface area contributed by atoms with Gasteiger partial charge in [0, 0.05) is 5.92 Å². The molecule has 0 aromatic heterocycles.